The van der Waals surface area contributed by atoms with Crippen molar-refractivity contribution in [2.75, 3.05) is 18.0 Å². The number of benzene rings is 1. The Bertz CT molecular complexity index is 619. The van der Waals surface area contributed by atoms with Crippen LogP contribution in [0.15, 0.2) is 53.8 Å². The summed E-state index contributed by atoms with van der Waals surface area (Å²) in [6.07, 6.45) is 3.19. The molecule has 0 spiro atoms. The van der Waals surface area contributed by atoms with Crippen LogP contribution < -0.4 is 10.3 Å². The van der Waals surface area contributed by atoms with Crippen LogP contribution in [0.5, 0.6) is 0 Å². The average Bonchev–Trinajstić information content (AvgIpc) is 2.58. The molecular formula is C17H20N4O. The number of carbonyl (C=O) groups excluding carboxylic acids is 1. The molecule has 0 fully saturated rings. The minimum absolute atomic E-state index is 0.323. The molecule has 1 aromatic heterocycles. The van der Waals surface area contributed by atoms with Gasteiger partial charge in [0.15, 0.2) is 0 Å². The summed E-state index contributed by atoms with van der Waals surface area (Å²) in [5.74, 6) is -0.323. The summed E-state index contributed by atoms with van der Waals surface area (Å²) >= 11 is 0. The summed E-state index contributed by atoms with van der Waals surface area (Å²) in [5.41, 5.74) is 4.92. The monoisotopic (exact) mass is 296 g/mol. The molecule has 5 heteroatoms. The zero-order chi connectivity index (χ0) is 15.8. The first-order chi connectivity index (χ1) is 10.7. The number of pyridine rings is 1. The van der Waals surface area contributed by atoms with Crippen LogP contribution in [-0.2, 0) is 0 Å². The van der Waals surface area contributed by atoms with Gasteiger partial charge in [0, 0.05) is 25.0 Å². The molecule has 1 aromatic carbocycles. The van der Waals surface area contributed by atoms with Crippen LogP contribution >= 0.6 is 0 Å². The molecule has 0 saturated heterocycles. The third-order valence-corrected chi connectivity index (χ3v) is 3.30. The lowest BCUT2D eigenvalue weighted by atomic mass is 10.2. The summed E-state index contributed by atoms with van der Waals surface area (Å²) in [6.45, 7) is 6.21. The predicted molar refractivity (Wildman–Crippen MR) is 89.3 cm³/mol. The van der Waals surface area contributed by atoms with E-state index in [1.54, 1.807) is 30.6 Å². The standard InChI is InChI=1S/C17H20N4O/c1-3-21(4-2)15-10-8-14(9-11-15)13-19-20-17(22)16-7-5-6-12-18-16/h5-13H,3-4H2,1-2H3,(H,20,22)/b19-13-. The maximum absolute atomic E-state index is 11.8. The molecule has 0 aliphatic carbocycles. The second-order valence-corrected chi connectivity index (χ2v) is 4.68. The van der Waals surface area contributed by atoms with Gasteiger partial charge in [0.2, 0.25) is 0 Å². The first kappa shape index (κ1) is 15.7. The first-order valence-electron chi connectivity index (χ1n) is 7.34. The van der Waals surface area contributed by atoms with Crippen LogP contribution in [0.3, 0.4) is 0 Å². The Labute approximate surface area is 130 Å². The normalized spacial score (nSPS) is 10.6. The van der Waals surface area contributed by atoms with Gasteiger partial charge in [-0.1, -0.05) is 18.2 Å². The molecule has 22 heavy (non-hydrogen) atoms. The van der Waals surface area contributed by atoms with Crippen LogP contribution in [0.2, 0.25) is 0 Å². The fourth-order valence-corrected chi connectivity index (χ4v) is 2.08. The Morgan fingerprint density at radius 1 is 1.18 bits per heavy atom. The smallest absolute Gasteiger partial charge is 0.289 e. The van der Waals surface area contributed by atoms with Crippen LogP contribution in [0.25, 0.3) is 0 Å². The first-order valence-corrected chi connectivity index (χ1v) is 7.34. The van der Waals surface area contributed by atoms with E-state index in [0.29, 0.717) is 5.69 Å². The number of amides is 1. The second kappa shape index (κ2) is 7.93. The zero-order valence-corrected chi connectivity index (χ0v) is 12.9. The van der Waals surface area contributed by atoms with Gasteiger partial charge in [-0.15, -0.1) is 0 Å². The molecule has 2 rings (SSSR count). The van der Waals surface area contributed by atoms with Crippen molar-refractivity contribution in [1.82, 2.24) is 10.4 Å². The maximum atomic E-state index is 11.8. The Hall–Kier alpha value is -2.69. The highest BCUT2D eigenvalue weighted by molar-refractivity contribution is 5.93. The number of aromatic nitrogens is 1. The Balaban J connectivity index is 1.95. The molecule has 1 heterocycles. The van der Waals surface area contributed by atoms with Gasteiger partial charge < -0.3 is 4.90 Å². The van der Waals surface area contributed by atoms with E-state index in [4.69, 9.17) is 0 Å². The fraction of sp³-hybridized carbons (Fsp3) is 0.235. The lowest BCUT2D eigenvalue weighted by Crippen LogP contribution is -2.21. The van der Waals surface area contributed by atoms with Gasteiger partial charge in [0.1, 0.15) is 5.69 Å². The Morgan fingerprint density at radius 2 is 1.91 bits per heavy atom. The molecule has 0 saturated carbocycles. The van der Waals surface area contributed by atoms with Crippen molar-refractivity contribution in [3.05, 3.63) is 59.9 Å². The van der Waals surface area contributed by atoms with Crippen molar-refractivity contribution in [1.29, 1.82) is 0 Å². The minimum Gasteiger partial charge on any atom is -0.372 e. The van der Waals surface area contributed by atoms with Gasteiger partial charge in [0.25, 0.3) is 5.91 Å². The third-order valence-electron chi connectivity index (χ3n) is 3.30. The summed E-state index contributed by atoms with van der Waals surface area (Å²) < 4.78 is 0. The number of hydrogen-bond acceptors (Lipinski definition) is 4. The van der Waals surface area contributed by atoms with Crippen LogP contribution in [0.1, 0.15) is 29.9 Å². The Kier molecular flexibility index (Phi) is 5.65. The molecule has 1 amide bonds. The van der Waals surface area contributed by atoms with E-state index in [1.807, 2.05) is 12.1 Å². The van der Waals surface area contributed by atoms with Crippen molar-refractivity contribution in [3.63, 3.8) is 0 Å². The van der Waals surface area contributed by atoms with Crippen molar-refractivity contribution >= 4 is 17.8 Å². The van der Waals surface area contributed by atoms with Gasteiger partial charge in [-0.2, -0.15) is 5.10 Å². The molecule has 0 unspecified atom stereocenters. The van der Waals surface area contributed by atoms with Crippen molar-refractivity contribution in [3.8, 4) is 0 Å². The summed E-state index contributed by atoms with van der Waals surface area (Å²) in [6, 6.07) is 13.2. The third kappa shape index (κ3) is 4.15. The number of nitrogens with one attached hydrogen (secondary N) is 1. The van der Waals surface area contributed by atoms with Crippen molar-refractivity contribution in [2.24, 2.45) is 5.10 Å². The molecule has 0 bridgehead atoms. The Morgan fingerprint density at radius 3 is 2.50 bits per heavy atom. The van der Waals surface area contributed by atoms with Gasteiger partial charge >= 0.3 is 0 Å². The van der Waals surface area contributed by atoms with E-state index >= 15 is 0 Å². The molecule has 114 valence electrons. The summed E-state index contributed by atoms with van der Waals surface area (Å²) in [7, 11) is 0. The largest absolute Gasteiger partial charge is 0.372 e. The lowest BCUT2D eigenvalue weighted by Gasteiger charge is -2.20. The average molecular weight is 296 g/mol. The van der Waals surface area contributed by atoms with E-state index in [0.717, 1.165) is 18.7 Å². The van der Waals surface area contributed by atoms with Crippen LogP contribution in [-0.4, -0.2) is 30.2 Å². The molecule has 1 N–H and O–H groups in total. The molecule has 5 nitrogen and oxygen atoms in total. The fourth-order valence-electron chi connectivity index (χ4n) is 2.08. The highest BCUT2D eigenvalue weighted by atomic mass is 16.2. The van der Waals surface area contributed by atoms with E-state index in [2.05, 4.69) is 46.4 Å². The van der Waals surface area contributed by atoms with Gasteiger partial charge in [-0.25, -0.2) is 5.43 Å². The van der Waals surface area contributed by atoms with E-state index < -0.39 is 0 Å². The highest BCUT2D eigenvalue weighted by Gasteiger charge is 2.03. The summed E-state index contributed by atoms with van der Waals surface area (Å²) in [4.78, 5) is 18.0. The molecule has 2 aromatic rings. The summed E-state index contributed by atoms with van der Waals surface area (Å²) in [5, 5.41) is 3.95. The maximum Gasteiger partial charge on any atom is 0.289 e. The second-order valence-electron chi connectivity index (χ2n) is 4.68. The zero-order valence-electron chi connectivity index (χ0n) is 12.9. The number of carbonyl (C=O) groups is 1. The molecular weight excluding hydrogens is 276 g/mol. The van der Waals surface area contributed by atoms with E-state index in [-0.39, 0.29) is 5.91 Å². The topological polar surface area (TPSA) is 57.6 Å². The van der Waals surface area contributed by atoms with Gasteiger partial charge in [-0.05, 0) is 43.7 Å². The molecule has 0 aliphatic heterocycles. The lowest BCUT2D eigenvalue weighted by molar-refractivity contribution is 0.0950. The number of hydrazone groups is 1. The number of anilines is 1. The predicted octanol–water partition coefficient (Wildman–Crippen LogP) is 2.69. The highest BCUT2D eigenvalue weighted by Crippen LogP contribution is 2.13. The molecule has 0 aliphatic rings. The van der Waals surface area contributed by atoms with Gasteiger partial charge in [0.05, 0.1) is 6.21 Å². The quantitative estimate of drug-likeness (QED) is 0.658. The number of rotatable bonds is 6. The van der Waals surface area contributed by atoms with Crippen LogP contribution in [0.4, 0.5) is 5.69 Å². The van der Waals surface area contributed by atoms with Crippen molar-refractivity contribution in [2.45, 2.75) is 13.8 Å². The number of hydrogen-bond donors (Lipinski definition) is 1. The molecule has 0 radical (unpaired) electrons. The van der Waals surface area contributed by atoms with E-state index in [1.165, 1.54) is 5.69 Å². The van der Waals surface area contributed by atoms with Crippen LogP contribution in [0, 0.1) is 0 Å². The SMILES string of the molecule is CCN(CC)c1ccc(/C=N\NC(=O)c2ccccn2)cc1. The van der Waals surface area contributed by atoms with Gasteiger partial charge in [-0.3, -0.25) is 9.78 Å². The minimum atomic E-state index is -0.323. The van der Waals surface area contributed by atoms with Crippen molar-refractivity contribution < 1.29 is 4.79 Å². The number of nitrogens with zero attached hydrogens (tertiary/aromatic N) is 3. The molecule has 0 atom stereocenters. The van der Waals surface area contributed by atoms with E-state index in [9.17, 15) is 4.79 Å².